The smallest absolute Gasteiger partial charge is 0.326 e. The summed E-state index contributed by atoms with van der Waals surface area (Å²) in [6, 6.07) is 0.620. The number of thiophene rings is 1. The summed E-state index contributed by atoms with van der Waals surface area (Å²) >= 11 is 1.55. The van der Waals surface area contributed by atoms with Gasteiger partial charge < -0.3 is 15.7 Å². The Hall–Kier alpha value is -1.56. The Balaban J connectivity index is 2.39. The summed E-state index contributed by atoms with van der Waals surface area (Å²) in [7, 11) is 0. The Labute approximate surface area is 110 Å². The molecule has 100 valence electrons. The molecule has 1 heterocycles. The normalized spacial score (nSPS) is 12.2. The van der Waals surface area contributed by atoms with Crippen molar-refractivity contribution in [2.75, 3.05) is 0 Å². The number of urea groups is 1. The highest BCUT2D eigenvalue weighted by molar-refractivity contribution is 7.07. The fourth-order valence-corrected chi connectivity index (χ4v) is 2.15. The van der Waals surface area contributed by atoms with Crippen molar-refractivity contribution in [1.29, 1.82) is 0 Å². The van der Waals surface area contributed by atoms with Gasteiger partial charge in [-0.2, -0.15) is 11.3 Å². The van der Waals surface area contributed by atoms with Crippen molar-refractivity contribution in [2.24, 2.45) is 5.92 Å². The Morgan fingerprint density at radius 3 is 2.67 bits per heavy atom. The quantitative estimate of drug-likeness (QED) is 0.740. The van der Waals surface area contributed by atoms with E-state index in [4.69, 9.17) is 5.11 Å². The van der Waals surface area contributed by atoms with Crippen LogP contribution in [0.3, 0.4) is 0 Å². The van der Waals surface area contributed by atoms with Crippen molar-refractivity contribution in [1.82, 2.24) is 10.6 Å². The molecule has 6 heteroatoms. The molecule has 1 unspecified atom stereocenters. The highest BCUT2D eigenvalue weighted by atomic mass is 32.1. The first-order chi connectivity index (χ1) is 8.49. The number of nitrogens with one attached hydrogen (secondary N) is 2. The van der Waals surface area contributed by atoms with E-state index in [0.29, 0.717) is 13.0 Å². The van der Waals surface area contributed by atoms with Gasteiger partial charge in [0.2, 0.25) is 0 Å². The molecule has 0 radical (unpaired) electrons. The zero-order valence-electron chi connectivity index (χ0n) is 10.5. The lowest BCUT2D eigenvalue weighted by Gasteiger charge is -2.16. The third kappa shape index (κ3) is 5.18. The van der Waals surface area contributed by atoms with Gasteiger partial charge in [-0.05, 0) is 34.7 Å². The third-order valence-corrected chi connectivity index (χ3v) is 3.08. The zero-order valence-corrected chi connectivity index (χ0v) is 11.3. The second kappa shape index (κ2) is 7.00. The number of carboxylic acid groups (broad SMARTS) is 1. The summed E-state index contributed by atoms with van der Waals surface area (Å²) in [4.78, 5) is 22.5. The van der Waals surface area contributed by atoms with Gasteiger partial charge >= 0.3 is 12.0 Å². The van der Waals surface area contributed by atoms with Gasteiger partial charge in [-0.25, -0.2) is 9.59 Å². The van der Waals surface area contributed by atoms with E-state index in [1.165, 1.54) is 0 Å². The molecule has 1 atom stereocenters. The lowest BCUT2D eigenvalue weighted by atomic mass is 10.0. The molecule has 1 aromatic heterocycles. The molecule has 0 aromatic carbocycles. The average molecular weight is 270 g/mol. The molecule has 0 spiro atoms. The maximum absolute atomic E-state index is 11.6. The molecule has 18 heavy (non-hydrogen) atoms. The lowest BCUT2D eigenvalue weighted by Crippen LogP contribution is -2.46. The van der Waals surface area contributed by atoms with E-state index in [1.54, 1.807) is 11.3 Å². The summed E-state index contributed by atoms with van der Waals surface area (Å²) in [6.45, 7) is 4.24. The number of carbonyl (C=O) groups excluding carboxylic acids is 1. The molecule has 0 aliphatic heterocycles. The molecule has 0 fully saturated rings. The lowest BCUT2D eigenvalue weighted by molar-refractivity contribution is -0.139. The Kier molecular flexibility index (Phi) is 5.64. The van der Waals surface area contributed by atoms with Gasteiger partial charge in [0.15, 0.2) is 0 Å². The van der Waals surface area contributed by atoms with Gasteiger partial charge in [0.05, 0.1) is 0 Å². The van der Waals surface area contributed by atoms with Crippen LogP contribution in [0.2, 0.25) is 0 Å². The molecular formula is C12H18N2O3S. The summed E-state index contributed by atoms with van der Waals surface area (Å²) in [5, 5.41) is 17.9. The summed E-state index contributed by atoms with van der Waals surface area (Å²) in [5.74, 6) is -0.794. The van der Waals surface area contributed by atoms with Crippen molar-refractivity contribution in [3.63, 3.8) is 0 Å². The molecule has 5 nitrogen and oxygen atoms in total. The molecule has 0 bridgehead atoms. The predicted molar refractivity (Wildman–Crippen MR) is 70.6 cm³/mol. The van der Waals surface area contributed by atoms with Crippen molar-refractivity contribution in [2.45, 2.75) is 32.9 Å². The van der Waals surface area contributed by atoms with E-state index in [-0.39, 0.29) is 5.92 Å². The van der Waals surface area contributed by atoms with Gasteiger partial charge in [-0.3, -0.25) is 0 Å². The van der Waals surface area contributed by atoms with Crippen LogP contribution < -0.4 is 10.6 Å². The van der Waals surface area contributed by atoms with Crippen LogP contribution in [0.1, 0.15) is 25.8 Å². The van der Waals surface area contributed by atoms with Gasteiger partial charge in [0, 0.05) is 6.54 Å². The standard InChI is InChI=1S/C12H18N2O3S/c1-8(2)5-10(11(15)16)14-12(17)13-6-9-3-4-18-7-9/h3-4,7-8,10H,5-6H2,1-2H3,(H,15,16)(H2,13,14,17). The fourth-order valence-electron chi connectivity index (χ4n) is 1.48. The van der Waals surface area contributed by atoms with E-state index >= 15 is 0 Å². The molecule has 1 aromatic rings. The van der Waals surface area contributed by atoms with Crippen LogP contribution in [0.5, 0.6) is 0 Å². The predicted octanol–water partition coefficient (Wildman–Crippen LogP) is 2.05. The van der Waals surface area contributed by atoms with Crippen LogP contribution in [0.15, 0.2) is 16.8 Å². The van der Waals surface area contributed by atoms with E-state index in [9.17, 15) is 9.59 Å². The van der Waals surface area contributed by atoms with Crippen molar-refractivity contribution >= 4 is 23.3 Å². The maximum Gasteiger partial charge on any atom is 0.326 e. The van der Waals surface area contributed by atoms with Crippen LogP contribution in [0.4, 0.5) is 4.79 Å². The molecule has 0 saturated heterocycles. The number of aliphatic carboxylic acids is 1. The highest BCUT2D eigenvalue weighted by Gasteiger charge is 2.20. The molecule has 3 N–H and O–H groups in total. The van der Waals surface area contributed by atoms with Crippen LogP contribution in [0.25, 0.3) is 0 Å². The molecule has 0 saturated carbocycles. The van der Waals surface area contributed by atoms with E-state index in [0.717, 1.165) is 5.56 Å². The maximum atomic E-state index is 11.6. The summed E-state index contributed by atoms with van der Waals surface area (Å²) in [5.41, 5.74) is 1.01. The third-order valence-electron chi connectivity index (χ3n) is 2.34. The molecule has 1 rings (SSSR count). The number of hydrogen-bond donors (Lipinski definition) is 3. The first kappa shape index (κ1) is 14.5. The van der Waals surface area contributed by atoms with Gasteiger partial charge in [-0.15, -0.1) is 0 Å². The highest BCUT2D eigenvalue weighted by Crippen LogP contribution is 2.06. The molecule has 0 aliphatic carbocycles. The number of amides is 2. The fraction of sp³-hybridized carbons (Fsp3) is 0.500. The zero-order chi connectivity index (χ0) is 13.5. The second-order valence-electron chi connectivity index (χ2n) is 4.48. The first-order valence-corrected chi connectivity index (χ1v) is 6.71. The minimum absolute atomic E-state index is 0.211. The van der Waals surface area contributed by atoms with Crippen molar-refractivity contribution in [3.05, 3.63) is 22.4 Å². The number of rotatable bonds is 6. The number of hydrogen-bond acceptors (Lipinski definition) is 3. The Morgan fingerprint density at radius 1 is 1.44 bits per heavy atom. The van der Waals surface area contributed by atoms with Crippen LogP contribution in [-0.2, 0) is 11.3 Å². The molecule has 2 amide bonds. The van der Waals surface area contributed by atoms with E-state index in [2.05, 4.69) is 10.6 Å². The van der Waals surface area contributed by atoms with Gasteiger partial charge in [0.25, 0.3) is 0 Å². The Morgan fingerprint density at radius 2 is 2.17 bits per heavy atom. The average Bonchev–Trinajstić information content (AvgIpc) is 2.77. The van der Waals surface area contributed by atoms with E-state index < -0.39 is 18.0 Å². The molecular weight excluding hydrogens is 252 g/mol. The number of carbonyl (C=O) groups is 2. The Bertz CT molecular complexity index is 390. The summed E-state index contributed by atoms with van der Waals surface area (Å²) < 4.78 is 0. The van der Waals surface area contributed by atoms with Crippen molar-refractivity contribution < 1.29 is 14.7 Å². The number of carboxylic acids is 1. The van der Waals surface area contributed by atoms with E-state index in [1.807, 2.05) is 30.7 Å². The monoisotopic (exact) mass is 270 g/mol. The van der Waals surface area contributed by atoms with Gasteiger partial charge in [-0.1, -0.05) is 13.8 Å². The largest absolute Gasteiger partial charge is 0.480 e. The van der Waals surface area contributed by atoms with Gasteiger partial charge in [0.1, 0.15) is 6.04 Å². The second-order valence-corrected chi connectivity index (χ2v) is 5.26. The molecule has 0 aliphatic rings. The van der Waals surface area contributed by atoms with Crippen LogP contribution in [0, 0.1) is 5.92 Å². The van der Waals surface area contributed by atoms with Crippen molar-refractivity contribution in [3.8, 4) is 0 Å². The minimum Gasteiger partial charge on any atom is -0.480 e. The first-order valence-electron chi connectivity index (χ1n) is 5.77. The van der Waals surface area contributed by atoms with Crippen LogP contribution in [-0.4, -0.2) is 23.1 Å². The minimum atomic E-state index is -1.01. The van der Waals surface area contributed by atoms with Crippen LogP contribution >= 0.6 is 11.3 Å². The SMILES string of the molecule is CC(C)CC(NC(=O)NCc1ccsc1)C(=O)O. The topological polar surface area (TPSA) is 78.4 Å². The summed E-state index contributed by atoms with van der Waals surface area (Å²) in [6.07, 6.45) is 0.418.